The number of rotatable bonds is 10. The Hall–Kier alpha value is -1.80. The summed E-state index contributed by atoms with van der Waals surface area (Å²) in [5.41, 5.74) is -1.11. The topological polar surface area (TPSA) is 40.0 Å². The number of oxime groups is 1. The van der Waals surface area contributed by atoms with E-state index in [1.165, 1.54) is 36.4 Å². The smallest absolute Gasteiger partial charge is 0.437 e. The zero-order chi connectivity index (χ0) is 23.7. The van der Waals surface area contributed by atoms with Crippen LogP contribution in [0.1, 0.15) is 24.5 Å². The highest BCUT2D eigenvalue weighted by Crippen LogP contribution is 2.38. The van der Waals surface area contributed by atoms with Gasteiger partial charge in [0.1, 0.15) is 30.1 Å². The Labute approximate surface area is 203 Å². The van der Waals surface area contributed by atoms with E-state index in [4.69, 9.17) is 60.7 Å². The number of nitrogens with zero attached hydrogens (tertiary/aromatic N) is 1. The molecule has 2 rings (SSSR count). The molecule has 2 aromatic carbocycles. The molecular weight excluding hydrogens is 513 g/mol. The van der Waals surface area contributed by atoms with Crippen LogP contribution in [-0.4, -0.2) is 25.1 Å². The second kappa shape index (κ2) is 12.4. The van der Waals surface area contributed by atoms with E-state index in [-0.39, 0.29) is 51.2 Å². The van der Waals surface area contributed by atoms with Crippen molar-refractivity contribution in [2.75, 3.05) is 13.2 Å². The van der Waals surface area contributed by atoms with Gasteiger partial charge in [0.25, 0.3) is 0 Å². The molecule has 0 aliphatic carbocycles. The first-order valence-electron chi connectivity index (χ1n) is 9.24. The molecule has 0 radical (unpaired) electrons. The van der Waals surface area contributed by atoms with Gasteiger partial charge in [-0.2, -0.15) is 13.2 Å². The predicted molar refractivity (Wildman–Crippen MR) is 121 cm³/mol. The normalized spacial score (nSPS) is 11.8. The summed E-state index contributed by atoms with van der Waals surface area (Å²) in [7, 11) is 0. The van der Waals surface area contributed by atoms with Crippen LogP contribution in [0.3, 0.4) is 0 Å². The van der Waals surface area contributed by atoms with E-state index >= 15 is 0 Å². The molecule has 0 unspecified atom stereocenters. The summed E-state index contributed by atoms with van der Waals surface area (Å²) in [5, 5.41) is 3.53. The fourth-order valence-electron chi connectivity index (χ4n) is 2.44. The van der Waals surface area contributed by atoms with Crippen LogP contribution >= 0.6 is 46.4 Å². The molecule has 0 atom stereocenters. The maximum atomic E-state index is 13.6. The number of alkyl halides is 3. The molecule has 0 heterocycles. The SMILES string of the molecule is CCCO/N=C(/c1ccccc1COc1c(Cl)cc(OCC=C(Cl)Cl)cc1Cl)C(F)(F)F. The van der Waals surface area contributed by atoms with Crippen LogP contribution in [0.4, 0.5) is 13.2 Å². The number of halogens is 7. The van der Waals surface area contributed by atoms with Crippen molar-refractivity contribution in [3.8, 4) is 11.5 Å². The minimum atomic E-state index is -4.72. The average Bonchev–Trinajstić information content (AvgIpc) is 2.70. The minimum absolute atomic E-state index is 0.0441. The molecule has 32 heavy (non-hydrogen) atoms. The zero-order valence-corrected chi connectivity index (χ0v) is 19.7. The molecule has 0 aliphatic heterocycles. The van der Waals surface area contributed by atoms with Crippen LogP contribution in [0.2, 0.25) is 10.0 Å². The minimum Gasteiger partial charge on any atom is -0.489 e. The summed E-state index contributed by atoms with van der Waals surface area (Å²) >= 11 is 23.5. The standard InChI is InChI=1S/C21H18Cl4F3NO3/c1-2-8-32-29-20(21(26,27)28)15-6-4-3-5-13(15)12-31-19-16(22)10-14(11-17(19)23)30-9-7-18(24)25/h3-7,10-11H,2,8-9,12H2,1H3/b29-20-. The third kappa shape index (κ3) is 7.96. The monoisotopic (exact) mass is 529 g/mol. The van der Waals surface area contributed by atoms with Crippen molar-refractivity contribution in [3.63, 3.8) is 0 Å². The quantitative estimate of drug-likeness (QED) is 0.178. The Kier molecular flexibility index (Phi) is 10.3. The zero-order valence-electron chi connectivity index (χ0n) is 16.7. The summed E-state index contributed by atoms with van der Waals surface area (Å²) in [4.78, 5) is 4.79. The first-order chi connectivity index (χ1) is 15.1. The number of hydrogen-bond donors (Lipinski definition) is 0. The molecule has 0 bridgehead atoms. The first-order valence-corrected chi connectivity index (χ1v) is 10.8. The molecule has 0 aromatic heterocycles. The lowest BCUT2D eigenvalue weighted by Crippen LogP contribution is -2.26. The first kappa shape index (κ1) is 26.5. The second-order valence-corrected chi connectivity index (χ2v) is 8.06. The largest absolute Gasteiger partial charge is 0.489 e. The van der Waals surface area contributed by atoms with Crippen LogP contribution in [0.5, 0.6) is 11.5 Å². The van der Waals surface area contributed by atoms with Gasteiger partial charge in [-0.1, -0.05) is 82.7 Å². The molecule has 11 heteroatoms. The second-order valence-electron chi connectivity index (χ2n) is 6.24. The fraction of sp³-hybridized carbons (Fsp3) is 0.286. The van der Waals surface area contributed by atoms with Crippen LogP contribution < -0.4 is 9.47 Å². The van der Waals surface area contributed by atoms with Crippen molar-refractivity contribution in [1.29, 1.82) is 0 Å². The molecular formula is C21H18Cl4F3NO3. The Balaban J connectivity index is 2.24. The van der Waals surface area contributed by atoms with Crippen molar-refractivity contribution in [2.45, 2.75) is 26.1 Å². The lowest BCUT2D eigenvalue weighted by atomic mass is 10.0. The predicted octanol–water partition coefficient (Wildman–Crippen LogP) is 7.96. The highest BCUT2D eigenvalue weighted by atomic mass is 35.5. The van der Waals surface area contributed by atoms with E-state index in [0.29, 0.717) is 12.2 Å². The molecule has 0 fully saturated rings. The van der Waals surface area contributed by atoms with Gasteiger partial charge >= 0.3 is 6.18 Å². The molecule has 2 aromatic rings. The van der Waals surface area contributed by atoms with Gasteiger partial charge in [-0.3, -0.25) is 0 Å². The third-order valence-electron chi connectivity index (χ3n) is 3.82. The molecule has 0 saturated carbocycles. The van der Waals surface area contributed by atoms with E-state index in [1.54, 1.807) is 13.0 Å². The fourth-order valence-corrected chi connectivity index (χ4v) is 3.14. The van der Waals surface area contributed by atoms with Crippen molar-refractivity contribution < 1.29 is 27.5 Å². The van der Waals surface area contributed by atoms with Gasteiger partial charge in [0.15, 0.2) is 11.5 Å². The van der Waals surface area contributed by atoms with E-state index in [0.717, 1.165) is 0 Å². The lowest BCUT2D eigenvalue weighted by Gasteiger charge is -2.16. The van der Waals surface area contributed by atoms with Gasteiger partial charge in [0, 0.05) is 17.7 Å². The number of benzene rings is 2. The molecule has 0 amide bonds. The van der Waals surface area contributed by atoms with E-state index in [1.807, 2.05) is 0 Å². The van der Waals surface area contributed by atoms with Crippen LogP contribution in [-0.2, 0) is 11.4 Å². The summed E-state index contributed by atoms with van der Waals surface area (Å²) < 4.78 is 51.8. The Morgan fingerprint density at radius 3 is 2.31 bits per heavy atom. The molecule has 0 saturated heterocycles. The van der Waals surface area contributed by atoms with Crippen LogP contribution in [0, 0.1) is 0 Å². The molecule has 0 spiro atoms. The summed E-state index contributed by atoms with van der Waals surface area (Å²) in [6, 6.07) is 8.72. The maximum Gasteiger partial charge on any atom is 0.437 e. The Morgan fingerprint density at radius 2 is 1.72 bits per heavy atom. The lowest BCUT2D eigenvalue weighted by molar-refractivity contribution is -0.0615. The number of hydrogen-bond acceptors (Lipinski definition) is 4. The highest BCUT2D eigenvalue weighted by molar-refractivity contribution is 6.55. The Bertz CT molecular complexity index is 954. The van der Waals surface area contributed by atoms with Gasteiger partial charge < -0.3 is 14.3 Å². The van der Waals surface area contributed by atoms with Crippen molar-refractivity contribution in [1.82, 2.24) is 0 Å². The summed E-state index contributed by atoms with van der Waals surface area (Å²) in [6.07, 6.45) is -2.78. The van der Waals surface area contributed by atoms with Gasteiger partial charge in [0.05, 0.1) is 10.0 Å². The van der Waals surface area contributed by atoms with Gasteiger partial charge in [-0.05, 0) is 18.1 Å². The molecule has 4 nitrogen and oxygen atoms in total. The van der Waals surface area contributed by atoms with Crippen molar-refractivity contribution in [2.24, 2.45) is 5.16 Å². The van der Waals surface area contributed by atoms with E-state index < -0.39 is 11.9 Å². The van der Waals surface area contributed by atoms with Gasteiger partial charge in [-0.25, -0.2) is 0 Å². The molecule has 0 N–H and O–H groups in total. The molecule has 174 valence electrons. The number of ether oxygens (including phenoxy) is 2. The molecule has 0 aliphatic rings. The average molecular weight is 531 g/mol. The van der Waals surface area contributed by atoms with Crippen LogP contribution in [0.25, 0.3) is 0 Å². The third-order valence-corrected chi connectivity index (χ3v) is 4.69. The summed E-state index contributed by atoms with van der Waals surface area (Å²) in [5.74, 6) is 0.423. The highest BCUT2D eigenvalue weighted by Gasteiger charge is 2.39. The van der Waals surface area contributed by atoms with Crippen molar-refractivity contribution >= 4 is 52.1 Å². The van der Waals surface area contributed by atoms with Crippen LogP contribution in [0.15, 0.2) is 52.1 Å². The van der Waals surface area contributed by atoms with E-state index in [2.05, 4.69) is 5.16 Å². The van der Waals surface area contributed by atoms with Gasteiger partial charge in [0.2, 0.25) is 0 Å². The summed E-state index contributed by atoms with van der Waals surface area (Å²) in [6.45, 7) is 1.66. The Morgan fingerprint density at radius 1 is 1.06 bits per heavy atom. The van der Waals surface area contributed by atoms with Gasteiger partial charge in [-0.15, -0.1) is 0 Å². The van der Waals surface area contributed by atoms with Crippen molar-refractivity contribution in [3.05, 3.63) is 68.1 Å². The van der Waals surface area contributed by atoms with E-state index in [9.17, 15) is 13.2 Å². The maximum absolute atomic E-state index is 13.6.